The summed E-state index contributed by atoms with van der Waals surface area (Å²) in [6, 6.07) is 18.8. The normalized spacial score (nSPS) is 21.5. The van der Waals surface area contributed by atoms with E-state index < -0.39 is 0 Å². The van der Waals surface area contributed by atoms with Crippen LogP contribution < -0.4 is 10.2 Å². The number of allylic oxidation sites excluding steroid dienone is 2. The monoisotopic (exact) mass is 359 g/mol. The average molecular weight is 359 g/mol. The third kappa shape index (κ3) is 3.35. The molecule has 0 saturated heterocycles. The lowest BCUT2D eigenvalue weighted by molar-refractivity contribution is -0.117. The molecule has 4 rings (SSSR count). The van der Waals surface area contributed by atoms with Gasteiger partial charge in [-0.1, -0.05) is 48.6 Å². The summed E-state index contributed by atoms with van der Waals surface area (Å²) < 4.78 is 0. The first kappa shape index (κ1) is 17.4. The van der Waals surface area contributed by atoms with Crippen molar-refractivity contribution in [2.75, 3.05) is 23.8 Å². The zero-order valence-electron chi connectivity index (χ0n) is 15.8. The molecule has 2 unspecified atom stereocenters. The molecule has 0 bridgehead atoms. The maximum absolute atomic E-state index is 13.4. The van der Waals surface area contributed by atoms with Crippen molar-refractivity contribution in [1.82, 2.24) is 4.90 Å². The van der Waals surface area contributed by atoms with E-state index in [1.807, 2.05) is 59.3 Å². The number of fused-ring (bicyclic) bond motifs is 1. The lowest BCUT2D eigenvalue weighted by atomic mass is 9.91. The molecule has 0 fully saturated rings. The van der Waals surface area contributed by atoms with Crippen LogP contribution >= 0.6 is 0 Å². The summed E-state index contributed by atoms with van der Waals surface area (Å²) in [6.45, 7) is 2.90. The molecular weight excluding hydrogens is 334 g/mol. The van der Waals surface area contributed by atoms with E-state index in [0.29, 0.717) is 0 Å². The van der Waals surface area contributed by atoms with Gasteiger partial charge in [0.2, 0.25) is 0 Å². The molecule has 0 saturated carbocycles. The Labute approximate surface area is 160 Å². The molecule has 4 nitrogen and oxygen atoms in total. The Hall–Kier alpha value is -3.01. The molecule has 138 valence electrons. The zero-order chi connectivity index (χ0) is 18.8. The summed E-state index contributed by atoms with van der Waals surface area (Å²) in [4.78, 5) is 17.3. The molecule has 0 spiro atoms. The van der Waals surface area contributed by atoms with Gasteiger partial charge in [-0.25, -0.2) is 0 Å². The minimum atomic E-state index is 0.0694. The van der Waals surface area contributed by atoms with Crippen molar-refractivity contribution in [2.45, 2.75) is 25.4 Å². The summed E-state index contributed by atoms with van der Waals surface area (Å²) in [7, 11) is 1.97. The van der Waals surface area contributed by atoms with Crippen LogP contribution in [0.4, 0.5) is 11.4 Å². The quantitative estimate of drug-likeness (QED) is 0.885. The molecule has 2 aromatic carbocycles. The van der Waals surface area contributed by atoms with E-state index in [2.05, 4.69) is 42.6 Å². The lowest BCUT2D eigenvalue weighted by Crippen LogP contribution is -2.47. The van der Waals surface area contributed by atoms with Crippen LogP contribution in [0.15, 0.2) is 78.5 Å². The molecule has 27 heavy (non-hydrogen) atoms. The van der Waals surface area contributed by atoms with Crippen molar-refractivity contribution in [2.24, 2.45) is 0 Å². The van der Waals surface area contributed by atoms with Crippen LogP contribution in [-0.4, -0.2) is 30.4 Å². The Morgan fingerprint density at radius 2 is 1.81 bits per heavy atom. The standard InChI is InChI=1S/C23H25N3O/c1-17-16-20(24-18-10-4-3-5-11-18)19-12-6-7-13-21(19)26(17)23(27)22-14-8-9-15-25(22)2/h3-14,17,20,24H,15-16H2,1-2H3. The van der Waals surface area contributed by atoms with Gasteiger partial charge in [0.05, 0.1) is 6.04 Å². The highest BCUT2D eigenvalue weighted by Gasteiger charge is 2.35. The Morgan fingerprint density at radius 1 is 1.07 bits per heavy atom. The van der Waals surface area contributed by atoms with Crippen molar-refractivity contribution in [3.05, 3.63) is 84.1 Å². The van der Waals surface area contributed by atoms with E-state index in [-0.39, 0.29) is 18.0 Å². The smallest absolute Gasteiger partial charge is 0.274 e. The molecule has 1 N–H and O–H groups in total. The fourth-order valence-electron chi connectivity index (χ4n) is 3.96. The van der Waals surface area contributed by atoms with Gasteiger partial charge in [0.1, 0.15) is 5.70 Å². The Bertz CT molecular complexity index is 888. The van der Waals surface area contributed by atoms with Crippen molar-refractivity contribution in [1.29, 1.82) is 0 Å². The second-order valence-electron chi connectivity index (χ2n) is 7.24. The number of nitrogens with one attached hydrogen (secondary N) is 1. The Kier molecular flexibility index (Phi) is 4.71. The van der Waals surface area contributed by atoms with Crippen LogP contribution in [0.1, 0.15) is 24.9 Å². The highest BCUT2D eigenvalue weighted by molar-refractivity contribution is 6.06. The van der Waals surface area contributed by atoms with E-state index in [4.69, 9.17) is 0 Å². The van der Waals surface area contributed by atoms with Gasteiger partial charge in [-0.05, 0) is 43.2 Å². The van der Waals surface area contributed by atoms with Gasteiger partial charge in [-0.15, -0.1) is 0 Å². The predicted octanol–water partition coefficient (Wildman–Crippen LogP) is 4.35. The number of para-hydroxylation sites is 2. The fourth-order valence-corrected chi connectivity index (χ4v) is 3.96. The van der Waals surface area contributed by atoms with Gasteiger partial charge in [-0.2, -0.15) is 0 Å². The number of nitrogens with zero attached hydrogens (tertiary/aromatic N) is 2. The molecule has 2 heterocycles. The second kappa shape index (κ2) is 7.31. The van der Waals surface area contributed by atoms with E-state index in [1.54, 1.807) is 0 Å². The van der Waals surface area contributed by atoms with E-state index >= 15 is 0 Å². The number of hydrogen-bond donors (Lipinski definition) is 1. The van der Waals surface area contributed by atoms with Gasteiger partial charge < -0.3 is 15.1 Å². The van der Waals surface area contributed by atoms with Crippen molar-refractivity contribution in [3.8, 4) is 0 Å². The first-order valence-corrected chi connectivity index (χ1v) is 9.47. The maximum atomic E-state index is 13.4. The maximum Gasteiger partial charge on any atom is 0.274 e. The van der Waals surface area contributed by atoms with Crippen molar-refractivity contribution in [3.63, 3.8) is 0 Å². The van der Waals surface area contributed by atoms with E-state index in [9.17, 15) is 4.79 Å². The topological polar surface area (TPSA) is 35.6 Å². The number of carbonyl (C=O) groups excluding carboxylic acids is 1. The molecule has 0 aromatic heterocycles. The largest absolute Gasteiger partial charge is 0.378 e. The fraction of sp³-hybridized carbons (Fsp3) is 0.261. The second-order valence-corrected chi connectivity index (χ2v) is 7.24. The van der Waals surface area contributed by atoms with Crippen LogP contribution in [0.5, 0.6) is 0 Å². The minimum Gasteiger partial charge on any atom is -0.378 e. The summed E-state index contributed by atoms with van der Waals surface area (Å²) >= 11 is 0. The number of amides is 1. The molecular formula is C23H25N3O. The summed E-state index contributed by atoms with van der Waals surface area (Å²) in [5.41, 5.74) is 4.01. The SMILES string of the molecule is CC1CC(Nc2ccccc2)c2ccccc2N1C(=O)C1=CC=CCN1C. The van der Waals surface area contributed by atoms with Gasteiger partial charge in [0, 0.05) is 31.0 Å². The van der Waals surface area contributed by atoms with Crippen molar-refractivity contribution >= 4 is 17.3 Å². The highest BCUT2D eigenvalue weighted by Crippen LogP contribution is 2.39. The van der Waals surface area contributed by atoms with Crippen LogP contribution in [0, 0.1) is 0 Å². The molecule has 2 atom stereocenters. The summed E-state index contributed by atoms with van der Waals surface area (Å²) in [5, 5.41) is 3.64. The van der Waals surface area contributed by atoms with Crippen molar-refractivity contribution < 1.29 is 4.79 Å². The average Bonchev–Trinajstić information content (AvgIpc) is 2.69. The van der Waals surface area contributed by atoms with Crippen LogP contribution in [-0.2, 0) is 4.79 Å². The highest BCUT2D eigenvalue weighted by atomic mass is 16.2. The predicted molar refractivity (Wildman–Crippen MR) is 111 cm³/mol. The van der Waals surface area contributed by atoms with Gasteiger partial charge in [0.15, 0.2) is 0 Å². The molecule has 4 heteroatoms. The summed E-state index contributed by atoms with van der Waals surface area (Å²) in [5.74, 6) is 0.0694. The first-order valence-electron chi connectivity index (χ1n) is 9.47. The molecule has 0 aliphatic carbocycles. The molecule has 2 aliphatic heterocycles. The molecule has 2 aromatic rings. The molecule has 2 aliphatic rings. The number of likely N-dealkylation sites (N-methyl/N-ethyl adjacent to an activating group) is 1. The number of rotatable bonds is 3. The number of carbonyl (C=O) groups is 1. The van der Waals surface area contributed by atoms with Gasteiger partial charge in [0.25, 0.3) is 5.91 Å². The lowest BCUT2D eigenvalue weighted by Gasteiger charge is -2.41. The third-order valence-corrected chi connectivity index (χ3v) is 5.32. The van der Waals surface area contributed by atoms with Gasteiger partial charge in [-0.3, -0.25) is 4.79 Å². The first-order chi connectivity index (χ1) is 13.1. The minimum absolute atomic E-state index is 0.0694. The number of benzene rings is 2. The third-order valence-electron chi connectivity index (χ3n) is 5.32. The Balaban J connectivity index is 1.68. The Morgan fingerprint density at radius 3 is 2.59 bits per heavy atom. The molecule has 0 radical (unpaired) electrons. The van der Waals surface area contributed by atoms with Crippen LogP contribution in [0.25, 0.3) is 0 Å². The van der Waals surface area contributed by atoms with Gasteiger partial charge >= 0.3 is 0 Å². The molecule has 1 amide bonds. The van der Waals surface area contributed by atoms with Crippen LogP contribution in [0.2, 0.25) is 0 Å². The summed E-state index contributed by atoms with van der Waals surface area (Å²) in [6.07, 6.45) is 6.80. The van der Waals surface area contributed by atoms with E-state index in [1.165, 1.54) is 5.56 Å². The van der Waals surface area contributed by atoms with Crippen LogP contribution in [0.3, 0.4) is 0 Å². The number of hydrogen-bond acceptors (Lipinski definition) is 3. The van der Waals surface area contributed by atoms with E-state index in [0.717, 1.165) is 30.0 Å². The number of anilines is 2. The zero-order valence-corrected chi connectivity index (χ0v) is 15.8.